The maximum absolute atomic E-state index is 13.6. The molecule has 0 spiro atoms. The molecule has 2 saturated heterocycles. The summed E-state index contributed by atoms with van der Waals surface area (Å²) in [4.78, 5) is 21.1. The predicted octanol–water partition coefficient (Wildman–Crippen LogP) is 5.27. The van der Waals surface area contributed by atoms with E-state index < -0.39 is 0 Å². The van der Waals surface area contributed by atoms with Gasteiger partial charge in [0.15, 0.2) is 0 Å². The second-order valence-corrected chi connectivity index (χ2v) is 10.2. The second kappa shape index (κ2) is 9.62. The Kier molecular flexibility index (Phi) is 6.64. The molecule has 2 aliphatic heterocycles. The third-order valence-electron chi connectivity index (χ3n) is 7.49. The van der Waals surface area contributed by atoms with Gasteiger partial charge in [-0.2, -0.15) is 0 Å². The zero-order valence-electron chi connectivity index (χ0n) is 18.4. The summed E-state index contributed by atoms with van der Waals surface area (Å²) in [7, 11) is 0. The van der Waals surface area contributed by atoms with E-state index in [2.05, 4.69) is 45.0 Å². The van der Waals surface area contributed by atoms with E-state index in [1.807, 2.05) is 12.1 Å². The molecule has 3 aliphatic rings. The fourth-order valence-electron chi connectivity index (χ4n) is 6.05. The standard InChI is InChI=1S/C26H31Cl2N3O/c27-21-12-11-19(17-22(21)28)18-25(32)31-16-15-30(20-7-2-1-3-8-20)24-10-6-9-23(26(24)31)29-13-4-5-14-29/h1-3,7-8,11-12,17,23-24,26H,4-6,9-10,13-16,18H2/t23-,24-,26+/m1/s1. The number of para-hydroxylation sites is 1. The van der Waals surface area contributed by atoms with Crippen LogP contribution in [0.1, 0.15) is 37.7 Å². The van der Waals surface area contributed by atoms with Gasteiger partial charge in [0.1, 0.15) is 0 Å². The number of hydrogen-bond donors (Lipinski definition) is 0. The summed E-state index contributed by atoms with van der Waals surface area (Å²) in [6.07, 6.45) is 6.46. The first kappa shape index (κ1) is 22.1. The molecule has 6 heteroatoms. The largest absolute Gasteiger partial charge is 0.365 e. The first-order valence-corrected chi connectivity index (χ1v) is 12.7. The molecule has 0 N–H and O–H groups in total. The highest BCUT2D eigenvalue weighted by Crippen LogP contribution is 2.37. The van der Waals surface area contributed by atoms with Gasteiger partial charge in [0.25, 0.3) is 0 Å². The first-order valence-electron chi connectivity index (χ1n) is 11.9. The van der Waals surface area contributed by atoms with Gasteiger partial charge in [-0.3, -0.25) is 9.69 Å². The van der Waals surface area contributed by atoms with Crippen LogP contribution in [0.3, 0.4) is 0 Å². The van der Waals surface area contributed by atoms with Crippen molar-refractivity contribution in [3.63, 3.8) is 0 Å². The molecule has 5 rings (SSSR count). The van der Waals surface area contributed by atoms with Crippen molar-refractivity contribution in [1.82, 2.24) is 9.80 Å². The van der Waals surface area contributed by atoms with E-state index in [1.54, 1.807) is 6.07 Å². The Labute approximate surface area is 201 Å². The van der Waals surface area contributed by atoms with Crippen molar-refractivity contribution in [3.8, 4) is 0 Å². The molecule has 3 atom stereocenters. The molecule has 3 fully saturated rings. The van der Waals surface area contributed by atoms with E-state index in [0.717, 1.165) is 38.2 Å². The highest BCUT2D eigenvalue weighted by Gasteiger charge is 2.47. The monoisotopic (exact) mass is 471 g/mol. The summed E-state index contributed by atoms with van der Waals surface area (Å²) < 4.78 is 0. The lowest BCUT2D eigenvalue weighted by atomic mass is 9.81. The fraction of sp³-hybridized carbons (Fsp3) is 0.500. The summed E-state index contributed by atoms with van der Waals surface area (Å²) in [5.74, 6) is 0.206. The van der Waals surface area contributed by atoms with E-state index in [1.165, 1.54) is 31.4 Å². The second-order valence-electron chi connectivity index (χ2n) is 9.34. The van der Waals surface area contributed by atoms with Crippen LogP contribution in [0.4, 0.5) is 5.69 Å². The van der Waals surface area contributed by atoms with Crippen molar-refractivity contribution in [2.75, 3.05) is 31.1 Å². The number of carbonyl (C=O) groups is 1. The molecular formula is C26H31Cl2N3O. The van der Waals surface area contributed by atoms with Crippen LogP contribution in [0.5, 0.6) is 0 Å². The smallest absolute Gasteiger partial charge is 0.227 e. The molecule has 1 aliphatic carbocycles. The number of halogens is 2. The van der Waals surface area contributed by atoms with Crippen molar-refractivity contribution >= 4 is 34.8 Å². The normalized spacial score (nSPS) is 26.2. The van der Waals surface area contributed by atoms with Gasteiger partial charge in [0.2, 0.25) is 5.91 Å². The molecule has 2 aromatic rings. The van der Waals surface area contributed by atoms with Crippen molar-refractivity contribution in [3.05, 3.63) is 64.1 Å². The Bertz CT molecular complexity index is 947. The minimum absolute atomic E-state index is 0.206. The molecule has 0 aromatic heterocycles. The number of likely N-dealkylation sites (tertiary alicyclic amines) is 1. The number of piperazine rings is 1. The van der Waals surface area contributed by atoms with E-state index in [-0.39, 0.29) is 11.9 Å². The maximum atomic E-state index is 13.6. The van der Waals surface area contributed by atoms with Crippen molar-refractivity contribution in [2.24, 2.45) is 0 Å². The number of amides is 1. The minimum atomic E-state index is 0.206. The molecule has 2 aromatic carbocycles. The molecule has 32 heavy (non-hydrogen) atoms. The topological polar surface area (TPSA) is 26.8 Å². The number of fused-ring (bicyclic) bond motifs is 1. The number of anilines is 1. The average Bonchev–Trinajstić information content (AvgIpc) is 3.36. The van der Waals surface area contributed by atoms with Gasteiger partial charge in [0.05, 0.1) is 28.5 Å². The number of nitrogens with zero attached hydrogens (tertiary/aromatic N) is 3. The highest BCUT2D eigenvalue weighted by atomic mass is 35.5. The number of benzene rings is 2. The van der Waals surface area contributed by atoms with Gasteiger partial charge in [-0.05, 0) is 75.0 Å². The van der Waals surface area contributed by atoms with Crippen LogP contribution in [0.25, 0.3) is 0 Å². The summed E-state index contributed by atoms with van der Waals surface area (Å²) in [5, 5.41) is 1.04. The van der Waals surface area contributed by atoms with Gasteiger partial charge < -0.3 is 9.80 Å². The van der Waals surface area contributed by atoms with Crippen molar-refractivity contribution < 1.29 is 4.79 Å². The van der Waals surface area contributed by atoms with Gasteiger partial charge in [-0.1, -0.05) is 47.5 Å². The van der Waals surface area contributed by atoms with Crippen LogP contribution in [-0.2, 0) is 11.2 Å². The van der Waals surface area contributed by atoms with Crippen LogP contribution < -0.4 is 4.90 Å². The van der Waals surface area contributed by atoms with Crippen molar-refractivity contribution in [2.45, 2.75) is 56.7 Å². The lowest BCUT2D eigenvalue weighted by Gasteiger charge is -2.55. The summed E-state index contributed by atoms with van der Waals surface area (Å²) in [6.45, 7) is 3.97. The molecule has 4 nitrogen and oxygen atoms in total. The Morgan fingerprint density at radius 3 is 2.34 bits per heavy atom. The van der Waals surface area contributed by atoms with E-state index >= 15 is 0 Å². The zero-order valence-corrected chi connectivity index (χ0v) is 19.9. The molecular weight excluding hydrogens is 441 g/mol. The molecule has 1 amide bonds. The third-order valence-corrected chi connectivity index (χ3v) is 8.23. The minimum Gasteiger partial charge on any atom is -0.365 e. The maximum Gasteiger partial charge on any atom is 0.227 e. The lowest BCUT2D eigenvalue weighted by molar-refractivity contribution is -0.137. The average molecular weight is 472 g/mol. The molecule has 170 valence electrons. The molecule has 0 bridgehead atoms. The Morgan fingerprint density at radius 1 is 0.844 bits per heavy atom. The number of carbonyl (C=O) groups excluding carboxylic acids is 1. The Hall–Kier alpha value is -1.75. The van der Waals surface area contributed by atoms with E-state index in [4.69, 9.17) is 23.2 Å². The molecule has 2 heterocycles. The van der Waals surface area contributed by atoms with Gasteiger partial charge in [0, 0.05) is 24.8 Å². The first-order chi connectivity index (χ1) is 15.6. The van der Waals surface area contributed by atoms with E-state index in [9.17, 15) is 4.79 Å². The van der Waals surface area contributed by atoms with Crippen LogP contribution in [-0.4, -0.2) is 60.0 Å². The van der Waals surface area contributed by atoms with Crippen molar-refractivity contribution in [1.29, 1.82) is 0 Å². The quantitative estimate of drug-likeness (QED) is 0.607. The SMILES string of the molecule is O=C(Cc1ccc(Cl)c(Cl)c1)N1CCN(c2ccccc2)[C@@H]2CCC[C@@H](N3CCCC3)[C@@H]21. The lowest BCUT2D eigenvalue weighted by Crippen LogP contribution is -2.69. The van der Waals surface area contributed by atoms with Crippen LogP contribution in [0.15, 0.2) is 48.5 Å². The van der Waals surface area contributed by atoms with Gasteiger partial charge >= 0.3 is 0 Å². The summed E-state index contributed by atoms with van der Waals surface area (Å²) in [5.41, 5.74) is 2.21. The third kappa shape index (κ3) is 4.37. The Morgan fingerprint density at radius 2 is 1.59 bits per heavy atom. The molecule has 0 unspecified atom stereocenters. The number of hydrogen-bond acceptors (Lipinski definition) is 3. The summed E-state index contributed by atoms with van der Waals surface area (Å²) >= 11 is 12.3. The van der Waals surface area contributed by atoms with E-state index in [0.29, 0.717) is 28.5 Å². The Balaban J connectivity index is 1.43. The van der Waals surface area contributed by atoms with Gasteiger partial charge in [-0.15, -0.1) is 0 Å². The fourth-order valence-corrected chi connectivity index (χ4v) is 6.37. The molecule has 1 saturated carbocycles. The van der Waals surface area contributed by atoms with Crippen LogP contribution in [0, 0.1) is 0 Å². The van der Waals surface area contributed by atoms with Gasteiger partial charge in [-0.25, -0.2) is 0 Å². The zero-order chi connectivity index (χ0) is 22.1. The van der Waals surface area contributed by atoms with Crippen LogP contribution in [0.2, 0.25) is 10.0 Å². The predicted molar refractivity (Wildman–Crippen MR) is 132 cm³/mol. The highest BCUT2D eigenvalue weighted by molar-refractivity contribution is 6.42. The summed E-state index contributed by atoms with van der Waals surface area (Å²) in [6, 6.07) is 17.3. The van der Waals surface area contributed by atoms with Crippen LogP contribution >= 0.6 is 23.2 Å². The molecule has 0 radical (unpaired) electrons. The number of rotatable bonds is 4.